The highest BCUT2D eigenvalue weighted by Gasteiger charge is 2.21. The van der Waals surface area contributed by atoms with Gasteiger partial charge in [-0.25, -0.2) is 0 Å². The first-order valence-electron chi connectivity index (χ1n) is 7.04. The Balaban J connectivity index is 1.95. The van der Waals surface area contributed by atoms with Gasteiger partial charge in [0.25, 0.3) is 0 Å². The molecule has 2 aromatic rings. The van der Waals surface area contributed by atoms with Crippen LogP contribution in [0, 0.1) is 0 Å². The first-order valence-corrected chi connectivity index (χ1v) is 7.84. The van der Waals surface area contributed by atoms with Crippen molar-refractivity contribution in [1.82, 2.24) is 0 Å². The smallest absolute Gasteiger partial charge is 0.162 e. The Labute approximate surface area is 131 Å². The molecule has 0 amide bonds. The Kier molecular flexibility index (Phi) is 4.22. The molecule has 2 heterocycles. The number of ether oxygens (including phenoxy) is 2. The fraction of sp³-hybridized carbons (Fsp3) is 0.375. The molecule has 1 aliphatic heterocycles. The van der Waals surface area contributed by atoms with Gasteiger partial charge in [0.2, 0.25) is 0 Å². The first kappa shape index (κ1) is 14.5. The van der Waals surface area contributed by atoms with Gasteiger partial charge in [-0.05, 0) is 24.3 Å². The van der Waals surface area contributed by atoms with Gasteiger partial charge in [-0.15, -0.1) is 0 Å². The lowest BCUT2D eigenvalue weighted by atomic mass is 10.1. The number of hydrogen-bond donors (Lipinski definition) is 1. The van der Waals surface area contributed by atoms with Crippen molar-refractivity contribution >= 4 is 15.9 Å². The molecular weight excluding hydrogens is 336 g/mol. The molecule has 0 fully saturated rings. The van der Waals surface area contributed by atoms with Crippen LogP contribution in [0.15, 0.2) is 33.2 Å². The molecule has 112 valence electrons. The van der Waals surface area contributed by atoms with Gasteiger partial charge in [0.1, 0.15) is 17.6 Å². The molecule has 1 N–H and O–H groups in total. The van der Waals surface area contributed by atoms with E-state index in [2.05, 4.69) is 15.9 Å². The number of rotatable bonds is 3. The second-order valence-electron chi connectivity index (χ2n) is 4.93. The molecule has 0 saturated carbocycles. The van der Waals surface area contributed by atoms with Crippen LogP contribution in [-0.2, 0) is 6.42 Å². The van der Waals surface area contributed by atoms with Gasteiger partial charge in [-0.3, -0.25) is 0 Å². The summed E-state index contributed by atoms with van der Waals surface area (Å²) in [5, 5.41) is 10.5. The van der Waals surface area contributed by atoms with Crippen molar-refractivity contribution in [3.8, 4) is 11.5 Å². The van der Waals surface area contributed by atoms with E-state index in [1.165, 1.54) is 0 Å². The minimum atomic E-state index is -0.836. The molecule has 0 aliphatic carbocycles. The van der Waals surface area contributed by atoms with E-state index in [9.17, 15) is 5.11 Å². The third-order valence-corrected chi connectivity index (χ3v) is 4.15. The summed E-state index contributed by atoms with van der Waals surface area (Å²) < 4.78 is 17.7. The summed E-state index contributed by atoms with van der Waals surface area (Å²) in [7, 11) is 0. The largest absolute Gasteiger partial charge is 0.490 e. The molecule has 0 radical (unpaired) electrons. The van der Waals surface area contributed by atoms with Gasteiger partial charge >= 0.3 is 0 Å². The summed E-state index contributed by atoms with van der Waals surface area (Å²) in [5.74, 6) is 2.74. The van der Waals surface area contributed by atoms with Crippen LogP contribution in [0.25, 0.3) is 0 Å². The van der Waals surface area contributed by atoms with Crippen molar-refractivity contribution in [2.24, 2.45) is 0 Å². The van der Waals surface area contributed by atoms with E-state index in [0.717, 1.165) is 23.1 Å². The van der Waals surface area contributed by atoms with Crippen molar-refractivity contribution < 1.29 is 19.0 Å². The Morgan fingerprint density at radius 3 is 2.57 bits per heavy atom. The molecule has 0 spiro atoms. The van der Waals surface area contributed by atoms with Crippen molar-refractivity contribution in [3.63, 3.8) is 0 Å². The van der Waals surface area contributed by atoms with Crippen LogP contribution in [0.2, 0.25) is 0 Å². The summed E-state index contributed by atoms with van der Waals surface area (Å²) in [5.41, 5.74) is 0.705. The van der Waals surface area contributed by atoms with E-state index in [1.807, 2.05) is 25.1 Å². The normalized spacial score (nSPS) is 15.6. The van der Waals surface area contributed by atoms with Crippen LogP contribution >= 0.6 is 15.9 Å². The van der Waals surface area contributed by atoms with E-state index in [1.54, 1.807) is 6.07 Å². The molecule has 21 heavy (non-hydrogen) atoms. The lowest BCUT2D eigenvalue weighted by molar-refractivity contribution is 0.185. The van der Waals surface area contributed by atoms with Crippen LogP contribution in [0.1, 0.15) is 36.5 Å². The Hall–Kier alpha value is -1.46. The van der Waals surface area contributed by atoms with Gasteiger partial charge < -0.3 is 19.0 Å². The van der Waals surface area contributed by atoms with Gasteiger partial charge in [0.05, 0.1) is 13.2 Å². The monoisotopic (exact) mass is 352 g/mol. The van der Waals surface area contributed by atoms with E-state index in [4.69, 9.17) is 13.9 Å². The number of aliphatic hydroxyl groups excluding tert-OH is 1. The molecule has 4 nitrogen and oxygen atoms in total. The first-order chi connectivity index (χ1) is 10.2. The highest BCUT2D eigenvalue weighted by atomic mass is 79.9. The van der Waals surface area contributed by atoms with Gasteiger partial charge in [0.15, 0.2) is 11.5 Å². The van der Waals surface area contributed by atoms with Crippen molar-refractivity contribution in [2.75, 3.05) is 13.2 Å². The Bertz CT molecular complexity index is 635. The summed E-state index contributed by atoms with van der Waals surface area (Å²) in [4.78, 5) is 0. The van der Waals surface area contributed by atoms with E-state index < -0.39 is 6.10 Å². The number of fused-ring (bicyclic) bond motifs is 1. The molecule has 0 saturated heterocycles. The third kappa shape index (κ3) is 2.94. The number of aryl methyl sites for hydroxylation is 1. The quantitative estimate of drug-likeness (QED) is 0.911. The fourth-order valence-electron chi connectivity index (χ4n) is 2.29. The number of furan rings is 1. The predicted molar refractivity (Wildman–Crippen MR) is 81.9 cm³/mol. The lowest BCUT2D eigenvalue weighted by Gasteiger charge is -2.15. The Morgan fingerprint density at radius 2 is 1.90 bits per heavy atom. The molecule has 1 atom stereocenters. The molecule has 1 aromatic carbocycles. The van der Waals surface area contributed by atoms with Gasteiger partial charge in [-0.2, -0.15) is 0 Å². The van der Waals surface area contributed by atoms with Gasteiger partial charge in [0, 0.05) is 22.9 Å². The summed E-state index contributed by atoms with van der Waals surface area (Å²) in [6.07, 6.45) is 0.814. The molecule has 1 unspecified atom stereocenters. The third-order valence-electron chi connectivity index (χ3n) is 3.46. The maximum absolute atomic E-state index is 10.5. The average Bonchev–Trinajstić information content (AvgIpc) is 2.86. The number of hydrogen-bond acceptors (Lipinski definition) is 4. The van der Waals surface area contributed by atoms with Crippen LogP contribution < -0.4 is 9.47 Å². The van der Waals surface area contributed by atoms with E-state index in [0.29, 0.717) is 36.0 Å². The summed E-state index contributed by atoms with van der Waals surface area (Å²) in [6.45, 7) is 3.27. The topological polar surface area (TPSA) is 51.8 Å². The Morgan fingerprint density at radius 1 is 1.19 bits per heavy atom. The van der Waals surface area contributed by atoms with Crippen LogP contribution in [0.3, 0.4) is 0 Å². The number of aliphatic hydroxyl groups is 1. The van der Waals surface area contributed by atoms with Crippen molar-refractivity contribution in [1.29, 1.82) is 0 Å². The number of benzene rings is 1. The maximum atomic E-state index is 10.5. The zero-order valence-corrected chi connectivity index (χ0v) is 13.4. The minimum Gasteiger partial charge on any atom is -0.490 e. The molecular formula is C16H17BrO4. The molecule has 1 aromatic heterocycles. The van der Waals surface area contributed by atoms with Crippen LogP contribution in [-0.4, -0.2) is 18.3 Å². The van der Waals surface area contributed by atoms with Gasteiger partial charge in [-0.1, -0.05) is 22.9 Å². The highest BCUT2D eigenvalue weighted by molar-refractivity contribution is 9.10. The lowest BCUT2D eigenvalue weighted by Crippen LogP contribution is -2.01. The zero-order valence-electron chi connectivity index (χ0n) is 11.8. The second-order valence-corrected chi connectivity index (χ2v) is 5.79. The van der Waals surface area contributed by atoms with E-state index >= 15 is 0 Å². The van der Waals surface area contributed by atoms with Crippen LogP contribution in [0.4, 0.5) is 0 Å². The van der Waals surface area contributed by atoms with Crippen molar-refractivity contribution in [2.45, 2.75) is 25.9 Å². The number of halogens is 1. The zero-order chi connectivity index (χ0) is 14.8. The van der Waals surface area contributed by atoms with Crippen LogP contribution in [0.5, 0.6) is 11.5 Å². The standard InChI is InChI=1S/C16H17BrO4/c1-2-10-4-5-13(21-10)16(18)11-8-14-15(9-12(11)17)20-7-3-6-19-14/h4-5,8-9,16,18H,2-3,6-7H2,1H3. The minimum absolute atomic E-state index is 0.530. The molecule has 0 bridgehead atoms. The molecule has 1 aliphatic rings. The highest BCUT2D eigenvalue weighted by Crippen LogP contribution is 2.39. The summed E-state index contributed by atoms with van der Waals surface area (Å²) >= 11 is 3.49. The predicted octanol–water partition coefficient (Wildman–Crippen LogP) is 3.85. The fourth-order valence-corrected chi connectivity index (χ4v) is 2.83. The molecule has 3 rings (SSSR count). The van der Waals surface area contributed by atoms with E-state index in [-0.39, 0.29) is 0 Å². The SMILES string of the molecule is CCc1ccc(C(O)c2cc3c(cc2Br)OCCCO3)o1. The maximum Gasteiger partial charge on any atom is 0.162 e. The summed E-state index contributed by atoms with van der Waals surface area (Å²) in [6, 6.07) is 7.33. The average molecular weight is 353 g/mol. The van der Waals surface area contributed by atoms with Crippen molar-refractivity contribution in [3.05, 3.63) is 45.8 Å². The second kappa shape index (κ2) is 6.12. The molecule has 5 heteroatoms.